The lowest BCUT2D eigenvalue weighted by Gasteiger charge is -2.05. The van der Waals surface area contributed by atoms with Gasteiger partial charge in [-0.15, -0.1) is 0 Å². The molecule has 0 aliphatic carbocycles. The fourth-order valence-electron chi connectivity index (χ4n) is 1.74. The van der Waals surface area contributed by atoms with E-state index in [0.29, 0.717) is 10.8 Å². The van der Waals surface area contributed by atoms with Crippen LogP contribution in [0, 0.1) is 11.3 Å². The van der Waals surface area contributed by atoms with Gasteiger partial charge in [0.05, 0.1) is 0 Å². The van der Waals surface area contributed by atoms with Crippen LogP contribution in [0.15, 0.2) is 35.9 Å². The monoisotopic (exact) mass is 254 g/mol. The largest absolute Gasteiger partial charge is 0.507 e. The molecule has 2 rings (SSSR count). The maximum atomic E-state index is 11.0. The zero-order valence-electron chi connectivity index (χ0n) is 9.79. The van der Waals surface area contributed by atoms with Gasteiger partial charge in [0.2, 0.25) is 0 Å². The summed E-state index contributed by atoms with van der Waals surface area (Å²) in [5.74, 6) is -0.973. The van der Waals surface area contributed by atoms with Gasteiger partial charge in [-0.25, -0.2) is 0 Å². The Labute approximate surface area is 108 Å². The van der Waals surface area contributed by atoms with Gasteiger partial charge < -0.3 is 15.9 Å². The average Bonchev–Trinajstić information content (AvgIpc) is 2.37. The number of phenolic OH excluding ortho intramolecular Hbond substituents is 2. The molecule has 0 saturated carbocycles. The molecule has 4 N–H and O–H groups in total. The van der Waals surface area contributed by atoms with Crippen LogP contribution in [0.3, 0.4) is 0 Å². The van der Waals surface area contributed by atoms with Crippen LogP contribution in [0.1, 0.15) is 5.56 Å². The molecule has 94 valence electrons. The van der Waals surface area contributed by atoms with Gasteiger partial charge in [-0.1, -0.05) is 12.1 Å². The van der Waals surface area contributed by atoms with E-state index in [9.17, 15) is 15.0 Å². The van der Waals surface area contributed by atoms with Gasteiger partial charge in [0, 0.05) is 10.9 Å². The summed E-state index contributed by atoms with van der Waals surface area (Å²) in [5, 5.41) is 29.4. The highest BCUT2D eigenvalue weighted by molar-refractivity contribution is 6.02. The van der Waals surface area contributed by atoms with E-state index in [0.717, 1.165) is 0 Å². The number of benzene rings is 2. The van der Waals surface area contributed by atoms with E-state index < -0.39 is 5.91 Å². The van der Waals surface area contributed by atoms with Crippen molar-refractivity contribution in [1.82, 2.24) is 0 Å². The van der Waals surface area contributed by atoms with E-state index in [-0.39, 0.29) is 22.6 Å². The molecular weight excluding hydrogens is 244 g/mol. The third kappa shape index (κ3) is 2.33. The van der Waals surface area contributed by atoms with Gasteiger partial charge in [-0.2, -0.15) is 5.26 Å². The normalized spacial score (nSPS) is 11.2. The fraction of sp³-hybridized carbons (Fsp3) is 0. The molecule has 0 spiro atoms. The number of hydrogen-bond acceptors (Lipinski definition) is 4. The SMILES string of the molecule is N#C/C(=C/c1cc2cccc(O)c2cc1O)C(N)=O. The minimum atomic E-state index is -0.863. The van der Waals surface area contributed by atoms with Crippen molar-refractivity contribution in [2.45, 2.75) is 0 Å². The van der Waals surface area contributed by atoms with Crippen LogP contribution in [0.5, 0.6) is 11.5 Å². The molecule has 0 aliphatic rings. The van der Waals surface area contributed by atoms with E-state index in [4.69, 9.17) is 11.0 Å². The molecule has 2 aromatic carbocycles. The Morgan fingerprint density at radius 3 is 2.63 bits per heavy atom. The number of nitrogens with two attached hydrogens (primary N) is 1. The first kappa shape index (κ1) is 12.5. The van der Waals surface area contributed by atoms with Crippen molar-refractivity contribution in [2.24, 2.45) is 5.73 Å². The molecule has 0 heterocycles. The van der Waals surface area contributed by atoms with Gasteiger partial charge in [0.1, 0.15) is 23.1 Å². The molecule has 19 heavy (non-hydrogen) atoms. The van der Waals surface area contributed by atoms with Crippen molar-refractivity contribution in [1.29, 1.82) is 5.26 Å². The zero-order chi connectivity index (χ0) is 14.0. The molecule has 0 aliphatic heterocycles. The maximum Gasteiger partial charge on any atom is 0.259 e. The Hall–Kier alpha value is -3.00. The summed E-state index contributed by atoms with van der Waals surface area (Å²) in [7, 11) is 0. The molecule has 0 saturated heterocycles. The van der Waals surface area contributed by atoms with Crippen molar-refractivity contribution in [3.8, 4) is 17.6 Å². The molecular formula is C14H10N2O3. The highest BCUT2D eigenvalue weighted by Gasteiger charge is 2.08. The topological polar surface area (TPSA) is 107 Å². The number of rotatable bonds is 2. The summed E-state index contributed by atoms with van der Waals surface area (Å²) in [4.78, 5) is 11.0. The van der Waals surface area contributed by atoms with Gasteiger partial charge in [-0.05, 0) is 29.7 Å². The Kier molecular flexibility index (Phi) is 3.08. The molecule has 0 aromatic heterocycles. The lowest BCUT2D eigenvalue weighted by atomic mass is 10.0. The van der Waals surface area contributed by atoms with Crippen LogP contribution in [-0.2, 0) is 4.79 Å². The Balaban J connectivity index is 2.67. The molecule has 1 amide bonds. The average molecular weight is 254 g/mol. The van der Waals surface area contributed by atoms with Gasteiger partial charge in [0.15, 0.2) is 0 Å². The predicted octanol–water partition coefficient (Wildman–Crippen LogP) is 1.64. The molecule has 2 aromatic rings. The number of amides is 1. The Bertz CT molecular complexity index is 742. The van der Waals surface area contributed by atoms with Crippen LogP contribution < -0.4 is 5.73 Å². The number of primary amides is 1. The first-order valence-corrected chi connectivity index (χ1v) is 5.39. The van der Waals surface area contributed by atoms with E-state index in [1.165, 1.54) is 18.2 Å². The van der Waals surface area contributed by atoms with Crippen LogP contribution in [0.25, 0.3) is 16.8 Å². The molecule has 0 radical (unpaired) electrons. The second-order valence-electron chi connectivity index (χ2n) is 3.94. The van der Waals surface area contributed by atoms with Crippen LogP contribution in [0.4, 0.5) is 0 Å². The van der Waals surface area contributed by atoms with Crippen molar-refractivity contribution < 1.29 is 15.0 Å². The van der Waals surface area contributed by atoms with Gasteiger partial charge >= 0.3 is 0 Å². The number of nitriles is 1. The smallest absolute Gasteiger partial charge is 0.259 e. The molecule has 0 fully saturated rings. The van der Waals surface area contributed by atoms with Crippen LogP contribution in [0.2, 0.25) is 0 Å². The van der Waals surface area contributed by atoms with Gasteiger partial charge in [0.25, 0.3) is 5.91 Å². The summed E-state index contributed by atoms with van der Waals surface area (Å²) in [6.45, 7) is 0. The van der Waals surface area contributed by atoms with Crippen LogP contribution in [-0.4, -0.2) is 16.1 Å². The summed E-state index contributed by atoms with van der Waals surface area (Å²) < 4.78 is 0. The first-order valence-electron chi connectivity index (χ1n) is 5.39. The number of phenols is 2. The highest BCUT2D eigenvalue weighted by atomic mass is 16.3. The van der Waals surface area contributed by atoms with Crippen molar-refractivity contribution in [3.63, 3.8) is 0 Å². The molecule has 5 nitrogen and oxygen atoms in total. The van der Waals surface area contributed by atoms with Crippen molar-refractivity contribution >= 4 is 22.8 Å². The third-order valence-electron chi connectivity index (χ3n) is 2.69. The maximum absolute atomic E-state index is 11.0. The quantitative estimate of drug-likeness (QED) is 0.559. The minimum absolute atomic E-state index is 0.0405. The fourth-order valence-corrected chi connectivity index (χ4v) is 1.74. The summed E-state index contributed by atoms with van der Waals surface area (Å²) in [5.41, 5.74) is 5.06. The van der Waals surface area contributed by atoms with E-state index in [2.05, 4.69) is 0 Å². The number of aromatic hydroxyl groups is 2. The lowest BCUT2D eigenvalue weighted by Crippen LogP contribution is -2.12. The van der Waals surface area contributed by atoms with Crippen molar-refractivity contribution in [3.05, 3.63) is 41.5 Å². The lowest BCUT2D eigenvalue weighted by molar-refractivity contribution is -0.114. The third-order valence-corrected chi connectivity index (χ3v) is 2.69. The van der Waals surface area contributed by atoms with Gasteiger partial charge in [-0.3, -0.25) is 4.79 Å². The minimum Gasteiger partial charge on any atom is -0.507 e. The molecule has 0 atom stereocenters. The molecule has 0 unspecified atom stereocenters. The second-order valence-corrected chi connectivity index (χ2v) is 3.94. The summed E-state index contributed by atoms with van der Waals surface area (Å²) in [6.07, 6.45) is 1.21. The Morgan fingerprint density at radius 2 is 2.00 bits per heavy atom. The van der Waals surface area contributed by atoms with Crippen molar-refractivity contribution in [2.75, 3.05) is 0 Å². The number of carbonyl (C=O) groups excluding carboxylic acids is 1. The molecule has 5 heteroatoms. The van der Waals surface area contributed by atoms with E-state index >= 15 is 0 Å². The number of fused-ring (bicyclic) bond motifs is 1. The van der Waals surface area contributed by atoms with E-state index in [1.807, 2.05) is 0 Å². The molecule has 0 bridgehead atoms. The van der Waals surface area contributed by atoms with E-state index in [1.54, 1.807) is 24.3 Å². The predicted molar refractivity (Wildman–Crippen MR) is 70.1 cm³/mol. The summed E-state index contributed by atoms with van der Waals surface area (Å²) >= 11 is 0. The Morgan fingerprint density at radius 1 is 1.26 bits per heavy atom. The standard InChI is InChI=1S/C14H10N2O3/c15-7-10(14(16)19)5-9-4-8-2-1-3-12(17)11(8)6-13(9)18/h1-6,17-18H,(H2,16,19)/b10-5-. The second kappa shape index (κ2) is 4.70. The first-order chi connectivity index (χ1) is 9.02. The number of carbonyl (C=O) groups is 1. The summed E-state index contributed by atoms with van der Waals surface area (Å²) in [6, 6.07) is 9.48. The number of hydrogen-bond donors (Lipinski definition) is 3. The van der Waals surface area contributed by atoms with Crippen LogP contribution >= 0.6 is 0 Å². The zero-order valence-corrected chi connectivity index (χ0v) is 9.79. The highest BCUT2D eigenvalue weighted by Crippen LogP contribution is 2.31. The number of nitrogens with zero attached hydrogens (tertiary/aromatic N) is 1.